The average molecular weight is 340 g/mol. The molecule has 0 heterocycles. The van der Waals surface area contributed by atoms with Crippen molar-refractivity contribution in [3.05, 3.63) is 65.2 Å². The van der Waals surface area contributed by atoms with Crippen molar-refractivity contribution < 1.29 is 14.3 Å². The highest BCUT2D eigenvalue weighted by Gasteiger charge is 2.14. The van der Waals surface area contributed by atoms with Crippen LogP contribution < -0.4 is 10.6 Å². The third-order valence-corrected chi connectivity index (χ3v) is 3.59. The first-order valence-electron chi connectivity index (χ1n) is 8.27. The van der Waals surface area contributed by atoms with Crippen molar-refractivity contribution in [3.8, 4) is 0 Å². The van der Waals surface area contributed by atoms with Gasteiger partial charge in [-0.25, -0.2) is 0 Å². The molecule has 0 fully saturated rings. The van der Waals surface area contributed by atoms with E-state index in [1.807, 2.05) is 26.0 Å². The molecule has 0 aromatic heterocycles. The largest absolute Gasteiger partial charge is 0.380 e. The highest BCUT2D eigenvalue weighted by molar-refractivity contribution is 6.09. The van der Waals surface area contributed by atoms with Crippen molar-refractivity contribution in [2.24, 2.45) is 5.92 Å². The Morgan fingerprint density at radius 1 is 1.04 bits per heavy atom. The van der Waals surface area contributed by atoms with Gasteiger partial charge in [0.1, 0.15) is 0 Å². The van der Waals surface area contributed by atoms with Gasteiger partial charge in [0, 0.05) is 19.2 Å². The third-order valence-electron chi connectivity index (χ3n) is 3.59. The van der Waals surface area contributed by atoms with Crippen molar-refractivity contribution >= 4 is 17.5 Å². The predicted molar refractivity (Wildman–Crippen MR) is 98.7 cm³/mol. The van der Waals surface area contributed by atoms with Crippen molar-refractivity contribution in [1.82, 2.24) is 5.32 Å². The van der Waals surface area contributed by atoms with Crippen LogP contribution in [0.5, 0.6) is 0 Å². The zero-order valence-corrected chi connectivity index (χ0v) is 14.8. The highest BCUT2D eigenvalue weighted by atomic mass is 16.5. The number of ether oxygens (including phenoxy) is 1. The summed E-state index contributed by atoms with van der Waals surface area (Å²) in [6.45, 7) is 5.08. The summed E-state index contributed by atoms with van der Waals surface area (Å²) in [7, 11) is 1.61. The number of amides is 2. The summed E-state index contributed by atoms with van der Waals surface area (Å²) in [5, 5.41) is 5.69. The molecule has 2 aromatic carbocycles. The first-order chi connectivity index (χ1) is 12.0. The lowest BCUT2D eigenvalue weighted by atomic mass is 10.1. The third kappa shape index (κ3) is 5.43. The van der Waals surface area contributed by atoms with Gasteiger partial charge < -0.3 is 15.4 Å². The van der Waals surface area contributed by atoms with E-state index in [0.717, 1.165) is 5.56 Å². The molecule has 132 valence electrons. The summed E-state index contributed by atoms with van der Waals surface area (Å²) >= 11 is 0. The van der Waals surface area contributed by atoms with Crippen LogP contribution in [0.1, 0.15) is 40.1 Å². The number of nitrogens with one attached hydrogen (secondary N) is 2. The van der Waals surface area contributed by atoms with E-state index in [1.54, 1.807) is 43.5 Å². The van der Waals surface area contributed by atoms with Crippen LogP contribution in [-0.2, 0) is 11.3 Å². The molecule has 0 radical (unpaired) electrons. The van der Waals surface area contributed by atoms with Gasteiger partial charge in [-0.15, -0.1) is 0 Å². The standard InChI is InChI=1S/C20H24N2O3/c1-14(2)12-21-20(24)17-9-4-5-10-18(17)22-19(23)16-8-6-7-15(11-16)13-25-3/h4-11,14H,12-13H2,1-3H3,(H,21,24)(H,22,23). The van der Waals surface area contributed by atoms with Crippen LogP contribution in [0.15, 0.2) is 48.5 Å². The van der Waals surface area contributed by atoms with Gasteiger partial charge in [-0.1, -0.05) is 38.1 Å². The molecule has 2 N–H and O–H groups in total. The number of rotatable bonds is 7. The highest BCUT2D eigenvalue weighted by Crippen LogP contribution is 2.17. The monoisotopic (exact) mass is 340 g/mol. The second-order valence-electron chi connectivity index (χ2n) is 6.24. The van der Waals surface area contributed by atoms with Crippen molar-refractivity contribution in [2.45, 2.75) is 20.5 Å². The van der Waals surface area contributed by atoms with E-state index in [0.29, 0.717) is 35.9 Å². The maximum Gasteiger partial charge on any atom is 0.255 e. The minimum atomic E-state index is -0.262. The topological polar surface area (TPSA) is 67.4 Å². The first kappa shape index (κ1) is 18.7. The Morgan fingerprint density at radius 3 is 2.52 bits per heavy atom. The van der Waals surface area contributed by atoms with Crippen LogP contribution in [0, 0.1) is 5.92 Å². The van der Waals surface area contributed by atoms with Gasteiger partial charge in [-0.2, -0.15) is 0 Å². The number of anilines is 1. The summed E-state index contributed by atoms with van der Waals surface area (Å²) in [6.07, 6.45) is 0. The Morgan fingerprint density at radius 2 is 1.80 bits per heavy atom. The molecule has 0 aliphatic rings. The lowest BCUT2D eigenvalue weighted by Crippen LogP contribution is -2.28. The number of methoxy groups -OCH3 is 1. The van der Waals surface area contributed by atoms with Gasteiger partial charge in [0.2, 0.25) is 0 Å². The SMILES string of the molecule is COCc1cccc(C(=O)Nc2ccccc2C(=O)NCC(C)C)c1. The summed E-state index contributed by atoms with van der Waals surface area (Å²) in [6, 6.07) is 14.2. The van der Waals surface area contributed by atoms with E-state index < -0.39 is 0 Å². The van der Waals surface area contributed by atoms with Gasteiger partial charge in [0.05, 0.1) is 17.9 Å². The van der Waals surface area contributed by atoms with Crippen LogP contribution >= 0.6 is 0 Å². The van der Waals surface area contributed by atoms with E-state index in [9.17, 15) is 9.59 Å². The molecule has 0 unspecified atom stereocenters. The Balaban J connectivity index is 2.16. The molecular weight excluding hydrogens is 316 g/mol. The fourth-order valence-electron chi connectivity index (χ4n) is 2.35. The summed E-state index contributed by atoms with van der Waals surface area (Å²) < 4.78 is 5.09. The molecule has 0 bridgehead atoms. The van der Waals surface area contributed by atoms with Crippen LogP contribution in [0.2, 0.25) is 0 Å². The quantitative estimate of drug-likeness (QED) is 0.811. The van der Waals surface area contributed by atoms with E-state index in [4.69, 9.17) is 4.74 Å². The van der Waals surface area contributed by atoms with Gasteiger partial charge in [-0.05, 0) is 35.7 Å². The van der Waals surface area contributed by atoms with Crippen LogP contribution in [0.25, 0.3) is 0 Å². The van der Waals surface area contributed by atoms with Gasteiger partial charge >= 0.3 is 0 Å². The van der Waals surface area contributed by atoms with Gasteiger partial charge in [0.25, 0.3) is 11.8 Å². The first-order valence-corrected chi connectivity index (χ1v) is 8.27. The van der Waals surface area contributed by atoms with E-state index in [-0.39, 0.29) is 11.8 Å². The molecule has 2 amide bonds. The number of hydrogen-bond acceptors (Lipinski definition) is 3. The molecular formula is C20H24N2O3. The Labute approximate surface area is 148 Å². The molecule has 5 nitrogen and oxygen atoms in total. The van der Waals surface area contributed by atoms with Crippen LogP contribution in [0.3, 0.4) is 0 Å². The minimum Gasteiger partial charge on any atom is -0.380 e. The van der Waals surface area contributed by atoms with Gasteiger partial charge in [0.15, 0.2) is 0 Å². The summed E-state index contributed by atoms with van der Waals surface area (Å²) in [5.74, 6) is -0.103. The summed E-state index contributed by atoms with van der Waals surface area (Å²) in [4.78, 5) is 24.9. The van der Waals surface area contributed by atoms with E-state index in [2.05, 4.69) is 10.6 Å². The lowest BCUT2D eigenvalue weighted by molar-refractivity contribution is 0.0950. The molecule has 0 aliphatic heterocycles. The second-order valence-corrected chi connectivity index (χ2v) is 6.24. The fourth-order valence-corrected chi connectivity index (χ4v) is 2.35. The molecule has 5 heteroatoms. The van der Waals surface area contributed by atoms with Crippen molar-refractivity contribution in [3.63, 3.8) is 0 Å². The molecule has 0 atom stereocenters. The number of para-hydroxylation sites is 1. The number of benzene rings is 2. The smallest absolute Gasteiger partial charge is 0.255 e. The molecule has 0 saturated carbocycles. The number of carbonyl (C=O) groups excluding carboxylic acids is 2. The molecule has 0 spiro atoms. The molecule has 0 aliphatic carbocycles. The van der Waals surface area contributed by atoms with Crippen LogP contribution in [0.4, 0.5) is 5.69 Å². The lowest BCUT2D eigenvalue weighted by Gasteiger charge is -2.13. The average Bonchev–Trinajstić information content (AvgIpc) is 2.60. The zero-order valence-electron chi connectivity index (χ0n) is 14.8. The second kappa shape index (κ2) is 8.99. The van der Waals surface area contributed by atoms with E-state index >= 15 is 0 Å². The Bertz CT molecular complexity index is 741. The number of hydrogen-bond donors (Lipinski definition) is 2. The molecule has 2 rings (SSSR count). The minimum absolute atomic E-state index is 0.197. The van der Waals surface area contributed by atoms with Gasteiger partial charge in [-0.3, -0.25) is 9.59 Å². The Hall–Kier alpha value is -2.66. The van der Waals surface area contributed by atoms with Crippen LogP contribution in [-0.4, -0.2) is 25.5 Å². The fraction of sp³-hybridized carbons (Fsp3) is 0.300. The predicted octanol–water partition coefficient (Wildman–Crippen LogP) is 3.47. The van der Waals surface area contributed by atoms with E-state index in [1.165, 1.54) is 0 Å². The summed E-state index contributed by atoms with van der Waals surface area (Å²) in [5.41, 5.74) is 2.38. The zero-order chi connectivity index (χ0) is 18.2. The normalized spacial score (nSPS) is 10.6. The molecule has 2 aromatic rings. The van der Waals surface area contributed by atoms with Crippen molar-refractivity contribution in [1.29, 1.82) is 0 Å². The maximum absolute atomic E-state index is 12.5. The van der Waals surface area contributed by atoms with Crippen molar-refractivity contribution in [2.75, 3.05) is 19.0 Å². The number of carbonyl (C=O) groups is 2. The maximum atomic E-state index is 12.5. The molecule has 0 saturated heterocycles. The Kier molecular flexibility index (Phi) is 6.71. The molecule has 25 heavy (non-hydrogen) atoms.